The summed E-state index contributed by atoms with van der Waals surface area (Å²) in [5.41, 5.74) is 4.54. The van der Waals surface area contributed by atoms with E-state index in [-0.39, 0.29) is 5.91 Å². The Bertz CT molecular complexity index is 634. The molecule has 2 aromatic heterocycles. The van der Waals surface area contributed by atoms with Gasteiger partial charge in [0.1, 0.15) is 0 Å². The Morgan fingerprint density at radius 3 is 2.74 bits per heavy atom. The van der Waals surface area contributed by atoms with E-state index >= 15 is 0 Å². The predicted octanol–water partition coefficient (Wildman–Crippen LogP) is 1.59. The normalized spacial score (nSPS) is 13.7. The fourth-order valence-electron chi connectivity index (χ4n) is 2.58. The van der Waals surface area contributed by atoms with Crippen molar-refractivity contribution in [3.63, 3.8) is 0 Å². The van der Waals surface area contributed by atoms with Crippen LogP contribution in [-0.2, 0) is 20.1 Å². The molecule has 0 unspecified atom stereocenters. The second kappa shape index (κ2) is 4.19. The first kappa shape index (κ1) is 11.9. The van der Waals surface area contributed by atoms with Crippen LogP contribution in [0.1, 0.15) is 33.0 Å². The number of carbonyl (C=O) groups is 1. The maximum Gasteiger partial charge on any atom is 0.258 e. The van der Waals surface area contributed by atoms with Gasteiger partial charge in [-0.15, -0.1) is 0 Å². The predicted molar refractivity (Wildman–Crippen MR) is 70.5 cm³/mol. The van der Waals surface area contributed by atoms with E-state index in [0.29, 0.717) is 13.1 Å². The molecule has 98 valence electrons. The maximum atomic E-state index is 12.6. The van der Waals surface area contributed by atoms with Crippen LogP contribution >= 0.6 is 0 Å². The van der Waals surface area contributed by atoms with Crippen molar-refractivity contribution >= 4 is 5.91 Å². The van der Waals surface area contributed by atoms with Gasteiger partial charge in [-0.3, -0.25) is 14.5 Å². The Kier molecular flexibility index (Phi) is 2.62. The number of aromatic nitrogens is 3. The van der Waals surface area contributed by atoms with Crippen LogP contribution in [0.5, 0.6) is 0 Å². The van der Waals surface area contributed by atoms with E-state index in [4.69, 9.17) is 0 Å². The molecule has 0 fully saturated rings. The number of nitrogens with zero attached hydrogens (tertiary/aromatic N) is 4. The molecule has 5 heteroatoms. The summed E-state index contributed by atoms with van der Waals surface area (Å²) < 4.78 is 1.75. The lowest BCUT2D eigenvalue weighted by Gasteiger charge is -2.15. The van der Waals surface area contributed by atoms with E-state index in [1.807, 2.05) is 37.9 Å². The number of hydrogen-bond acceptors (Lipinski definition) is 3. The molecular formula is C14H16N4O. The monoisotopic (exact) mass is 256 g/mol. The van der Waals surface area contributed by atoms with Gasteiger partial charge in [0, 0.05) is 25.5 Å². The summed E-state index contributed by atoms with van der Waals surface area (Å²) in [6.45, 7) is 5.02. The van der Waals surface area contributed by atoms with E-state index in [9.17, 15) is 4.79 Å². The lowest BCUT2D eigenvalue weighted by atomic mass is 10.1. The zero-order valence-corrected chi connectivity index (χ0v) is 11.3. The van der Waals surface area contributed by atoms with Gasteiger partial charge >= 0.3 is 0 Å². The van der Waals surface area contributed by atoms with Gasteiger partial charge < -0.3 is 4.90 Å². The molecule has 0 spiro atoms. The van der Waals surface area contributed by atoms with Gasteiger partial charge in [0.25, 0.3) is 5.91 Å². The fraction of sp³-hybridized carbons (Fsp3) is 0.357. The lowest BCUT2D eigenvalue weighted by molar-refractivity contribution is 0.0749. The van der Waals surface area contributed by atoms with Crippen molar-refractivity contribution in [2.24, 2.45) is 7.05 Å². The maximum absolute atomic E-state index is 12.6. The van der Waals surface area contributed by atoms with Gasteiger partial charge in [0.2, 0.25) is 0 Å². The van der Waals surface area contributed by atoms with E-state index < -0.39 is 0 Å². The Labute approximate surface area is 111 Å². The van der Waals surface area contributed by atoms with Crippen LogP contribution in [0.15, 0.2) is 18.3 Å². The average Bonchev–Trinajstić information content (AvgIpc) is 2.91. The fourth-order valence-corrected chi connectivity index (χ4v) is 2.58. The smallest absolute Gasteiger partial charge is 0.258 e. The third-order valence-corrected chi connectivity index (χ3v) is 3.70. The van der Waals surface area contributed by atoms with Crippen molar-refractivity contribution in [2.45, 2.75) is 26.9 Å². The van der Waals surface area contributed by atoms with Gasteiger partial charge in [0.05, 0.1) is 23.5 Å². The first-order valence-corrected chi connectivity index (χ1v) is 6.30. The molecule has 0 atom stereocenters. The molecule has 5 nitrogen and oxygen atoms in total. The van der Waals surface area contributed by atoms with Crippen LogP contribution in [0.3, 0.4) is 0 Å². The summed E-state index contributed by atoms with van der Waals surface area (Å²) in [6.07, 6.45) is 1.77. The topological polar surface area (TPSA) is 51.0 Å². The minimum Gasteiger partial charge on any atom is -0.328 e. The highest BCUT2D eigenvalue weighted by atomic mass is 16.2. The first-order chi connectivity index (χ1) is 9.08. The zero-order chi connectivity index (χ0) is 13.6. The summed E-state index contributed by atoms with van der Waals surface area (Å²) in [7, 11) is 1.86. The van der Waals surface area contributed by atoms with Crippen LogP contribution in [0.25, 0.3) is 0 Å². The third-order valence-electron chi connectivity index (χ3n) is 3.70. The largest absolute Gasteiger partial charge is 0.328 e. The minimum atomic E-state index is 0.0427. The van der Waals surface area contributed by atoms with Gasteiger partial charge in [-0.1, -0.05) is 6.07 Å². The van der Waals surface area contributed by atoms with Gasteiger partial charge in [-0.05, 0) is 25.5 Å². The number of fused-ring (bicyclic) bond motifs is 1. The molecule has 19 heavy (non-hydrogen) atoms. The van der Waals surface area contributed by atoms with Crippen LogP contribution in [0.4, 0.5) is 0 Å². The molecule has 0 bridgehead atoms. The molecule has 1 aliphatic heterocycles. The Hall–Kier alpha value is -2.17. The van der Waals surface area contributed by atoms with E-state index in [1.54, 1.807) is 10.9 Å². The molecule has 1 amide bonds. The molecule has 2 aromatic rings. The minimum absolute atomic E-state index is 0.0427. The van der Waals surface area contributed by atoms with Crippen molar-refractivity contribution in [1.29, 1.82) is 0 Å². The molecule has 0 aliphatic carbocycles. The van der Waals surface area contributed by atoms with Crippen LogP contribution in [0, 0.1) is 13.8 Å². The van der Waals surface area contributed by atoms with E-state index in [1.165, 1.54) is 0 Å². The summed E-state index contributed by atoms with van der Waals surface area (Å²) in [4.78, 5) is 18.8. The lowest BCUT2D eigenvalue weighted by Crippen LogP contribution is -2.26. The van der Waals surface area contributed by atoms with Crippen LogP contribution in [0.2, 0.25) is 0 Å². The molecule has 0 radical (unpaired) electrons. The van der Waals surface area contributed by atoms with E-state index in [2.05, 4.69) is 10.1 Å². The van der Waals surface area contributed by atoms with Gasteiger partial charge in [-0.2, -0.15) is 5.10 Å². The SMILES string of the molecule is Cc1nn(C)c(C)c1C(=O)N1Cc2cccnc2C1. The number of aryl methyl sites for hydroxylation is 2. The summed E-state index contributed by atoms with van der Waals surface area (Å²) in [5, 5.41) is 4.31. The van der Waals surface area contributed by atoms with Crippen molar-refractivity contribution in [3.8, 4) is 0 Å². The number of hydrogen-bond donors (Lipinski definition) is 0. The average molecular weight is 256 g/mol. The Balaban J connectivity index is 1.91. The van der Waals surface area contributed by atoms with Crippen LogP contribution < -0.4 is 0 Å². The summed E-state index contributed by atoms with van der Waals surface area (Å²) in [5.74, 6) is 0.0427. The van der Waals surface area contributed by atoms with Crippen molar-refractivity contribution in [1.82, 2.24) is 19.7 Å². The van der Waals surface area contributed by atoms with Crippen LogP contribution in [-0.4, -0.2) is 25.6 Å². The molecule has 0 saturated carbocycles. The number of amides is 1. The second-order valence-electron chi connectivity index (χ2n) is 4.94. The van der Waals surface area contributed by atoms with Crippen molar-refractivity contribution in [3.05, 3.63) is 46.5 Å². The quantitative estimate of drug-likeness (QED) is 0.778. The zero-order valence-electron chi connectivity index (χ0n) is 11.3. The number of rotatable bonds is 1. The van der Waals surface area contributed by atoms with Crippen molar-refractivity contribution in [2.75, 3.05) is 0 Å². The first-order valence-electron chi connectivity index (χ1n) is 6.30. The second-order valence-corrected chi connectivity index (χ2v) is 4.94. The third kappa shape index (κ3) is 1.82. The highest BCUT2D eigenvalue weighted by Crippen LogP contribution is 2.24. The van der Waals surface area contributed by atoms with Crippen molar-refractivity contribution < 1.29 is 4.79 Å². The summed E-state index contributed by atoms with van der Waals surface area (Å²) >= 11 is 0. The molecular weight excluding hydrogens is 240 g/mol. The van der Waals surface area contributed by atoms with Gasteiger partial charge in [0.15, 0.2) is 0 Å². The molecule has 1 aliphatic rings. The Morgan fingerprint density at radius 1 is 1.32 bits per heavy atom. The highest BCUT2D eigenvalue weighted by molar-refractivity contribution is 5.96. The molecule has 0 aromatic carbocycles. The highest BCUT2D eigenvalue weighted by Gasteiger charge is 2.28. The summed E-state index contributed by atoms with van der Waals surface area (Å²) in [6, 6.07) is 3.94. The van der Waals surface area contributed by atoms with Gasteiger partial charge in [-0.25, -0.2) is 0 Å². The van der Waals surface area contributed by atoms with E-state index in [0.717, 1.165) is 28.2 Å². The Morgan fingerprint density at radius 2 is 2.11 bits per heavy atom. The molecule has 3 heterocycles. The molecule has 0 saturated heterocycles. The standard InChI is InChI=1S/C14H16N4O/c1-9-13(10(2)17(3)16-9)14(19)18-7-11-5-4-6-15-12(11)8-18/h4-6H,7-8H2,1-3H3. The molecule has 3 rings (SSSR count). The molecule has 0 N–H and O–H groups in total. The number of carbonyl (C=O) groups excluding carboxylic acids is 1. The number of pyridine rings is 1.